The molecule has 0 spiro atoms. The predicted octanol–water partition coefficient (Wildman–Crippen LogP) is 7.24. The first-order chi connectivity index (χ1) is 15.7. The maximum absolute atomic E-state index is 13.2. The smallest absolute Gasteiger partial charge is 0.261 e. The van der Waals surface area contributed by atoms with Crippen LogP contribution in [0.3, 0.4) is 0 Å². The lowest BCUT2D eigenvalue weighted by Crippen LogP contribution is -2.29. The number of anilines is 2. The van der Waals surface area contributed by atoms with Crippen LogP contribution in [0.2, 0.25) is 10.0 Å². The molecule has 2 N–H and O–H groups in total. The van der Waals surface area contributed by atoms with Crippen LogP contribution in [0.5, 0.6) is 0 Å². The van der Waals surface area contributed by atoms with Gasteiger partial charge in [-0.15, -0.1) is 0 Å². The van der Waals surface area contributed by atoms with Crippen LogP contribution in [-0.2, 0) is 10.0 Å². The molecule has 3 aromatic rings. The molecule has 1 aliphatic carbocycles. The summed E-state index contributed by atoms with van der Waals surface area (Å²) in [7, 11) is -3.72. The molecule has 7 heteroatoms. The zero-order chi connectivity index (χ0) is 23.3. The fraction of sp³-hybridized carbons (Fsp3) is 0.231. The van der Waals surface area contributed by atoms with Crippen LogP contribution in [0.25, 0.3) is 0 Å². The second-order valence-corrected chi connectivity index (χ2v) is 11.3. The molecule has 0 fully saturated rings. The van der Waals surface area contributed by atoms with Crippen molar-refractivity contribution < 1.29 is 8.42 Å². The van der Waals surface area contributed by atoms with E-state index in [9.17, 15) is 8.42 Å². The monoisotopic (exact) mass is 498 g/mol. The number of aryl methyl sites for hydroxylation is 2. The van der Waals surface area contributed by atoms with E-state index in [0.29, 0.717) is 15.7 Å². The third-order valence-electron chi connectivity index (χ3n) is 6.57. The highest BCUT2D eigenvalue weighted by molar-refractivity contribution is 7.92. The molecule has 0 radical (unpaired) electrons. The second-order valence-electron chi connectivity index (χ2n) is 8.82. The van der Waals surface area contributed by atoms with Gasteiger partial charge in [0.25, 0.3) is 10.0 Å². The van der Waals surface area contributed by atoms with E-state index in [1.54, 1.807) is 18.2 Å². The summed E-state index contributed by atoms with van der Waals surface area (Å²) >= 11 is 12.4. The molecule has 0 saturated carbocycles. The van der Waals surface area contributed by atoms with Crippen LogP contribution < -0.4 is 10.0 Å². The summed E-state index contributed by atoms with van der Waals surface area (Å²) in [6.45, 7) is 3.89. The minimum absolute atomic E-state index is 0.0584. The topological polar surface area (TPSA) is 58.2 Å². The Bertz CT molecular complexity index is 1390. The summed E-state index contributed by atoms with van der Waals surface area (Å²) in [5.41, 5.74) is 5.57. The Labute approximate surface area is 204 Å². The van der Waals surface area contributed by atoms with Crippen LogP contribution >= 0.6 is 23.2 Å². The fourth-order valence-corrected chi connectivity index (χ4v) is 6.38. The van der Waals surface area contributed by atoms with Crippen LogP contribution in [0, 0.1) is 19.8 Å². The van der Waals surface area contributed by atoms with E-state index in [-0.39, 0.29) is 22.8 Å². The number of hydrogen-bond donors (Lipinski definition) is 2. The van der Waals surface area contributed by atoms with Gasteiger partial charge in [-0.25, -0.2) is 8.42 Å². The quantitative estimate of drug-likeness (QED) is 0.372. The summed E-state index contributed by atoms with van der Waals surface area (Å²) in [5.74, 6) is 0.386. The average Bonchev–Trinajstić information content (AvgIpc) is 3.27. The van der Waals surface area contributed by atoms with E-state index < -0.39 is 10.0 Å². The minimum Gasteiger partial charge on any atom is -0.378 e. The standard InChI is InChI=1S/C26H24Cl2N2O2S/c1-15-6-10-24(16(2)12-15)30-33(31,32)18-8-11-25-21(14-18)19-4-3-5-20(19)26(29-25)17-7-9-22(27)23(28)13-17/h3-4,6-14,19-20,26,29-30H,5H2,1-2H3/t19-,20+,26-/m0/s1. The maximum atomic E-state index is 13.2. The number of sulfonamides is 1. The lowest BCUT2D eigenvalue weighted by Gasteiger charge is -2.37. The van der Waals surface area contributed by atoms with Gasteiger partial charge in [0.1, 0.15) is 0 Å². The van der Waals surface area contributed by atoms with Crippen molar-refractivity contribution in [1.82, 2.24) is 0 Å². The van der Waals surface area contributed by atoms with Crippen molar-refractivity contribution in [3.05, 3.63) is 99.0 Å². The molecule has 2 aliphatic rings. The van der Waals surface area contributed by atoms with Gasteiger partial charge < -0.3 is 5.32 Å². The van der Waals surface area contributed by atoms with E-state index in [1.165, 1.54) is 0 Å². The van der Waals surface area contributed by atoms with Crippen LogP contribution in [-0.4, -0.2) is 8.42 Å². The molecule has 33 heavy (non-hydrogen) atoms. The molecule has 1 aliphatic heterocycles. The van der Waals surface area contributed by atoms with Crippen LogP contribution in [0.15, 0.2) is 71.6 Å². The highest BCUT2D eigenvalue weighted by Crippen LogP contribution is 2.50. The van der Waals surface area contributed by atoms with Crippen molar-refractivity contribution in [1.29, 1.82) is 0 Å². The molecule has 0 amide bonds. The van der Waals surface area contributed by atoms with Crippen molar-refractivity contribution in [2.75, 3.05) is 10.0 Å². The van der Waals surface area contributed by atoms with Crippen LogP contribution in [0.1, 0.15) is 40.6 Å². The van der Waals surface area contributed by atoms with Crippen molar-refractivity contribution >= 4 is 44.6 Å². The maximum Gasteiger partial charge on any atom is 0.261 e. The summed E-state index contributed by atoms with van der Waals surface area (Å²) in [6.07, 6.45) is 5.26. The summed E-state index contributed by atoms with van der Waals surface area (Å²) in [5, 5.41) is 4.68. The fourth-order valence-electron chi connectivity index (χ4n) is 4.91. The molecule has 0 aromatic heterocycles. The van der Waals surface area contributed by atoms with Gasteiger partial charge in [-0.05, 0) is 79.3 Å². The summed E-state index contributed by atoms with van der Waals surface area (Å²) in [6, 6.07) is 16.8. The third kappa shape index (κ3) is 4.14. The Morgan fingerprint density at radius 2 is 1.79 bits per heavy atom. The van der Waals surface area contributed by atoms with Crippen molar-refractivity contribution in [2.45, 2.75) is 37.1 Å². The molecule has 3 atom stereocenters. The third-order valence-corrected chi connectivity index (χ3v) is 8.68. The largest absolute Gasteiger partial charge is 0.378 e. The number of fused-ring (bicyclic) bond motifs is 3. The van der Waals surface area contributed by atoms with E-state index >= 15 is 0 Å². The average molecular weight is 499 g/mol. The van der Waals surface area contributed by atoms with Gasteiger partial charge in [0.2, 0.25) is 0 Å². The van der Waals surface area contributed by atoms with Crippen molar-refractivity contribution in [3.63, 3.8) is 0 Å². The number of benzene rings is 3. The summed E-state index contributed by atoms with van der Waals surface area (Å²) < 4.78 is 29.1. The normalized spacial score (nSPS) is 21.3. The Balaban J connectivity index is 1.49. The molecular weight excluding hydrogens is 475 g/mol. The second kappa shape index (κ2) is 8.39. The lowest BCUT2D eigenvalue weighted by atomic mass is 9.77. The van der Waals surface area contributed by atoms with Gasteiger partial charge in [-0.1, -0.05) is 59.1 Å². The van der Waals surface area contributed by atoms with E-state index in [4.69, 9.17) is 23.2 Å². The Kier molecular flexibility index (Phi) is 5.68. The number of nitrogens with one attached hydrogen (secondary N) is 2. The van der Waals surface area contributed by atoms with Gasteiger partial charge in [-0.3, -0.25) is 4.72 Å². The zero-order valence-electron chi connectivity index (χ0n) is 18.3. The van der Waals surface area contributed by atoms with E-state index in [2.05, 4.69) is 22.2 Å². The first kappa shape index (κ1) is 22.3. The molecule has 4 nitrogen and oxygen atoms in total. The highest BCUT2D eigenvalue weighted by Gasteiger charge is 2.38. The number of halogens is 2. The van der Waals surface area contributed by atoms with E-state index in [0.717, 1.165) is 34.4 Å². The predicted molar refractivity (Wildman–Crippen MR) is 136 cm³/mol. The van der Waals surface area contributed by atoms with Gasteiger partial charge in [0.05, 0.1) is 26.7 Å². The van der Waals surface area contributed by atoms with E-state index in [1.807, 2.05) is 50.2 Å². The van der Waals surface area contributed by atoms with Gasteiger partial charge >= 0.3 is 0 Å². The van der Waals surface area contributed by atoms with Crippen molar-refractivity contribution in [3.8, 4) is 0 Å². The SMILES string of the molecule is Cc1ccc(NS(=O)(=O)c2ccc3c(c2)[C@H]2C=CC[C@H]2[C@H](c2ccc(Cl)c(Cl)c2)N3)c(C)c1. The first-order valence-electron chi connectivity index (χ1n) is 10.8. The minimum atomic E-state index is -3.72. The Morgan fingerprint density at radius 1 is 0.970 bits per heavy atom. The molecule has 0 saturated heterocycles. The Hall–Kier alpha value is -2.47. The molecule has 3 aromatic carbocycles. The summed E-state index contributed by atoms with van der Waals surface area (Å²) in [4.78, 5) is 0.259. The first-order valence-corrected chi connectivity index (χ1v) is 13.1. The molecular formula is C26H24Cl2N2O2S. The zero-order valence-corrected chi connectivity index (χ0v) is 20.6. The Morgan fingerprint density at radius 3 is 2.55 bits per heavy atom. The molecule has 1 heterocycles. The number of rotatable bonds is 4. The molecule has 0 bridgehead atoms. The van der Waals surface area contributed by atoms with Gasteiger partial charge in [0, 0.05) is 11.6 Å². The number of hydrogen-bond acceptors (Lipinski definition) is 3. The highest BCUT2D eigenvalue weighted by atomic mass is 35.5. The number of allylic oxidation sites excluding steroid dienone is 2. The lowest BCUT2D eigenvalue weighted by molar-refractivity contribution is 0.425. The van der Waals surface area contributed by atoms with Crippen LogP contribution in [0.4, 0.5) is 11.4 Å². The molecule has 0 unspecified atom stereocenters. The van der Waals surface area contributed by atoms with Gasteiger partial charge in [0.15, 0.2) is 0 Å². The van der Waals surface area contributed by atoms with Gasteiger partial charge in [-0.2, -0.15) is 0 Å². The molecule has 170 valence electrons. The molecule has 5 rings (SSSR count). The van der Waals surface area contributed by atoms with Crippen molar-refractivity contribution in [2.24, 2.45) is 5.92 Å².